The molecule has 0 aromatic heterocycles. The molecule has 14 heteroatoms. The lowest BCUT2D eigenvalue weighted by molar-refractivity contribution is -0.205. The van der Waals surface area contributed by atoms with Crippen LogP contribution in [0, 0.1) is 11.7 Å². The number of benzene rings is 1. The van der Waals surface area contributed by atoms with E-state index in [1.807, 2.05) is 0 Å². The molecule has 0 bridgehead atoms. The maximum absolute atomic E-state index is 13.2. The number of aliphatic hydroxyl groups excluding tert-OH is 3. The first-order chi connectivity index (χ1) is 18.4. The van der Waals surface area contributed by atoms with Gasteiger partial charge in [0.05, 0.1) is 22.4 Å². The van der Waals surface area contributed by atoms with Crippen LogP contribution in [0.1, 0.15) is 39.0 Å². The molecule has 2 aliphatic rings. The molecule has 10 nitrogen and oxygen atoms in total. The molecule has 0 aliphatic carbocycles. The van der Waals surface area contributed by atoms with Gasteiger partial charge in [-0.25, -0.2) is 17.5 Å². The van der Waals surface area contributed by atoms with Crippen LogP contribution in [0.4, 0.5) is 4.39 Å². The van der Waals surface area contributed by atoms with Gasteiger partial charge in [0, 0.05) is 6.54 Å². The summed E-state index contributed by atoms with van der Waals surface area (Å²) in [6.45, 7) is 2.52. The van der Waals surface area contributed by atoms with Crippen LogP contribution in [0.3, 0.4) is 0 Å². The zero-order chi connectivity index (χ0) is 28.7. The van der Waals surface area contributed by atoms with Crippen molar-refractivity contribution < 1.29 is 37.7 Å². The molecule has 39 heavy (non-hydrogen) atoms. The summed E-state index contributed by atoms with van der Waals surface area (Å²) in [5.41, 5.74) is -0.778. The molecule has 2 saturated heterocycles. The van der Waals surface area contributed by atoms with E-state index in [1.54, 1.807) is 13.2 Å². The van der Waals surface area contributed by atoms with Gasteiger partial charge in [-0.1, -0.05) is 0 Å². The largest absolute Gasteiger partial charge is 0.388 e. The third-order valence-corrected chi connectivity index (χ3v) is 9.93. The van der Waals surface area contributed by atoms with Gasteiger partial charge in [-0.05, 0) is 82.0 Å². The van der Waals surface area contributed by atoms with Gasteiger partial charge in [0.25, 0.3) is 0 Å². The Morgan fingerprint density at radius 3 is 2.51 bits per heavy atom. The number of alkyl halides is 1. The second-order valence-corrected chi connectivity index (χ2v) is 13.5. The van der Waals surface area contributed by atoms with E-state index in [0.29, 0.717) is 25.3 Å². The van der Waals surface area contributed by atoms with Crippen molar-refractivity contribution in [1.82, 2.24) is 15.4 Å². The van der Waals surface area contributed by atoms with Crippen LogP contribution in [0.25, 0.3) is 0 Å². The summed E-state index contributed by atoms with van der Waals surface area (Å²) in [5, 5.41) is 36.5. The maximum atomic E-state index is 13.2. The molecule has 0 spiro atoms. The van der Waals surface area contributed by atoms with E-state index < -0.39 is 63.2 Å². The number of sulfonamides is 1. The zero-order valence-electron chi connectivity index (χ0n) is 22.0. The highest BCUT2D eigenvalue weighted by atomic mass is 35.5. The number of amides is 1. The average molecular weight is 612 g/mol. The number of hydrogen-bond donors (Lipinski definition) is 6. The van der Waals surface area contributed by atoms with Crippen LogP contribution < -0.4 is 15.4 Å². The van der Waals surface area contributed by atoms with E-state index in [4.69, 9.17) is 16.3 Å². The number of nitrogens with one attached hydrogen (secondary N) is 3. The lowest BCUT2D eigenvalue weighted by atomic mass is 9.92. The van der Waals surface area contributed by atoms with Crippen molar-refractivity contribution in [3.8, 4) is 0 Å². The van der Waals surface area contributed by atoms with E-state index in [-0.39, 0.29) is 17.3 Å². The third kappa shape index (κ3) is 8.73. The summed E-state index contributed by atoms with van der Waals surface area (Å²) in [6, 6.07) is 3.37. The van der Waals surface area contributed by atoms with Gasteiger partial charge in [-0.2, -0.15) is 0 Å². The van der Waals surface area contributed by atoms with Crippen LogP contribution in [0.2, 0.25) is 0 Å². The van der Waals surface area contributed by atoms with Gasteiger partial charge >= 0.3 is 0 Å². The van der Waals surface area contributed by atoms with Crippen LogP contribution in [0.5, 0.6) is 0 Å². The van der Waals surface area contributed by atoms with Crippen molar-refractivity contribution in [2.24, 2.45) is 5.92 Å². The summed E-state index contributed by atoms with van der Waals surface area (Å²) in [7, 11) is -3.70. The monoisotopic (exact) mass is 611 g/mol. The Labute approximate surface area is 238 Å². The molecule has 6 N–H and O–H groups in total. The molecule has 9 atom stereocenters. The molecular formula is C25H39ClFN3O7S2. The Bertz CT molecular complexity index is 1030. The average Bonchev–Trinajstić information content (AvgIpc) is 3.15. The van der Waals surface area contributed by atoms with Crippen LogP contribution in [0.15, 0.2) is 29.2 Å². The molecule has 1 aromatic carbocycles. The quantitative estimate of drug-likeness (QED) is 0.158. The van der Waals surface area contributed by atoms with Crippen molar-refractivity contribution in [3.63, 3.8) is 0 Å². The minimum Gasteiger partial charge on any atom is -0.388 e. The summed E-state index contributed by atoms with van der Waals surface area (Å²) >= 11 is 7.55. The topological polar surface area (TPSA) is 157 Å². The van der Waals surface area contributed by atoms with Crippen molar-refractivity contribution in [1.29, 1.82) is 0 Å². The van der Waals surface area contributed by atoms with Crippen LogP contribution in [-0.4, -0.2) is 96.3 Å². The molecule has 2 aliphatic heterocycles. The summed E-state index contributed by atoms with van der Waals surface area (Å²) in [5.74, 6) is -0.494. The summed E-state index contributed by atoms with van der Waals surface area (Å²) in [4.78, 5) is 13.2. The zero-order valence-corrected chi connectivity index (χ0v) is 24.4. The van der Waals surface area contributed by atoms with Gasteiger partial charge in [-0.3, -0.25) is 4.79 Å². The highest BCUT2D eigenvalue weighted by molar-refractivity contribution is 7.99. The van der Waals surface area contributed by atoms with Crippen LogP contribution in [-0.2, 0) is 19.6 Å². The molecule has 2 heterocycles. The van der Waals surface area contributed by atoms with Gasteiger partial charge < -0.3 is 30.7 Å². The van der Waals surface area contributed by atoms with Gasteiger partial charge in [-0.15, -0.1) is 23.4 Å². The summed E-state index contributed by atoms with van der Waals surface area (Å²) < 4.78 is 46.1. The molecule has 0 saturated carbocycles. The molecule has 3 rings (SSSR count). The number of carbonyl (C=O) groups excluding carboxylic acids is 1. The Hall–Kier alpha value is -1.03. The number of hydrogen-bond acceptors (Lipinski definition) is 9. The first-order valence-corrected chi connectivity index (χ1v) is 16.3. The fourth-order valence-electron chi connectivity index (χ4n) is 5.01. The molecule has 0 radical (unpaired) electrons. The number of aliphatic hydroxyl groups is 3. The van der Waals surface area contributed by atoms with Gasteiger partial charge in [0.15, 0.2) is 0 Å². The number of carbonyl (C=O) groups is 1. The number of ether oxygens (including phenoxy) is 1. The predicted molar refractivity (Wildman–Crippen MR) is 147 cm³/mol. The SMILES string of the molecule is CSC1O[C@H]([C@H](NC(=O)[C@@H]2CC[C@H](CCCNS(=O)(=O)c3ccc(F)cc3)CCN2)[C@H](C)Cl)C(O)C(O)[C@H]1O. The first-order valence-electron chi connectivity index (χ1n) is 13.1. The van der Waals surface area contributed by atoms with Crippen LogP contribution >= 0.6 is 23.4 Å². The second-order valence-electron chi connectivity index (χ2n) is 10.1. The van der Waals surface area contributed by atoms with Gasteiger partial charge in [0.1, 0.15) is 35.7 Å². The normalized spacial score (nSPS) is 31.7. The van der Waals surface area contributed by atoms with Gasteiger partial charge in [0.2, 0.25) is 15.9 Å². The van der Waals surface area contributed by atoms with Crippen molar-refractivity contribution in [2.75, 3.05) is 19.3 Å². The number of halogens is 2. The fraction of sp³-hybridized carbons (Fsp3) is 0.720. The molecular weight excluding hydrogens is 573 g/mol. The Morgan fingerprint density at radius 2 is 1.87 bits per heavy atom. The van der Waals surface area contributed by atoms with E-state index in [9.17, 15) is 32.9 Å². The van der Waals surface area contributed by atoms with Crippen molar-refractivity contribution in [3.05, 3.63) is 30.1 Å². The van der Waals surface area contributed by atoms with Crippen molar-refractivity contribution >= 4 is 39.3 Å². The van der Waals surface area contributed by atoms with E-state index >= 15 is 0 Å². The maximum Gasteiger partial charge on any atom is 0.240 e. The molecule has 1 aromatic rings. The minimum absolute atomic E-state index is 0.0155. The standard InChI is InChI=1S/C25H39ClFN3O7S2/c1-14(26)19(23-21(32)20(31)22(33)25(37-23)38-2)30-24(34)18-10-5-15(11-13-28-18)4-3-12-29-39(35,36)17-8-6-16(27)7-9-17/h6-9,14-15,18-23,25,28-29,31-33H,3-5,10-13H2,1-2H3,(H,30,34)/t14-,15-,18-,19+,20?,21?,22+,23+,25?/m0/s1. The second kappa shape index (κ2) is 14.7. The highest BCUT2D eigenvalue weighted by Crippen LogP contribution is 2.30. The Morgan fingerprint density at radius 1 is 1.18 bits per heavy atom. The third-order valence-electron chi connectivity index (χ3n) is 7.33. The smallest absolute Gasteiger partial charge is 0.240 e. The lowest BCUT2D eigenvalue weighted by Crippen LogP contribution is -2.65. The molecule has 1 amide bonds. The highest BCUT2D eigenvalue weighted by Gasteiger charge is 2.48. The van der Waals surface area contributed by atoms with E-state index in [2.05, 4.69) is 15.4 Å². The number of rotatable bonds is 11. The molecule has 2 fully saturated rings. The fourth-order valence-corrected chi connectivity index (χ4v) is 6.97. The Kier molecular flexibility index (Phi) is 12.3. The van der Waals surface area contributed by atoms with Crippen molar-refractivity contribution in [2.45, 2.75) is 91.2 Å². The van der Waals surface area contributed by atoms with E-state index in [1.165, 1.54) is 23.9 Å². The minimum atomic E-state index is -3.70. The molecule has 3 unspecified atom stereocenters. The molecule has 222 valence electrons. The lowest BCUT2D eigenvalue weighted by Gasteiger charge is -2.44. The van der Waals surface area contributed by atoms with E-state index in [0.717, 1.165) is 31.4 Å². The number of thioether (sulfide) groups is 1. The Balaban J connectivity index is 1.48. The summed E-state index contributed by atoms with van der Waals surface area (Å²) in [6.07, 6.45) is 0.115. The predicted octanol–water partition coefficient (Wildman–Crippen LogP) is 0.925. The first kappa shape index (κ1) is 32.5.